The molecule has 20 heavy (non-hydrogen) atoms. The number of carboxylic acids is 1. The number of nitrogens with zero attached hydrogens (tertiary/aromatic N) is 1. The van der Waals surface area contributed by atoms with Crippen molar-refractivity contribution in [1.29, 1.82) is 0 Å². The van der Waals surface area contributed by atoms with Gasteiger partial charge in [0.25, 0.3) is 0 Å². The third-order valence-electron chi connectivity index (χ3n) is 3.25. The van der Waals surface area contributed by atoms with Crippen molar-refractivity contribution < 1.29 is 18.9 Å². The number of aromatic carboxylic acids is 1. The van der Waals surface area contributed by atoms with Gasteiger partial charge in [-0.1, -0.05) is 6.07 Å². The molecule has 1 unspecified atom stereocenters. The van der Waals surface area contributed by atoms with Crippen molar-refractivity contribution >= 4 is 22.7 Å². The molecule has 0 heterocycles. The summed E-state index contributed by atoms with van der Waals surface area (Å²) in [6.07, 6.45) is 2.03. The Hall–Kier alpha value is -1.69. The largest absolute Gasteiger partial charge is 0.478 e. The van der Waals surface area contributed by atoms with Gasteiger partial charge in [-0.2, -0.15) is 0 Å². The van der Waals surface area contributed by atoms with Crippen LogP contribution in [0.2, 0.25) is 0 Å². The normalized spacial score (nSPS) is 15.7. The van der Waals surface area contributed by atoms with Gasteiger partial charge in [-0.25, -0.2) is 4.79 Å². The maximum Gasteiger partial charge on any atom is 0.335 e. The fourth-order valence-electron chi connectivity index (χ4n) is 2.07. The fourth-order valence-corrected chi connectivity index (χ4v) is 3.12. The summed E-state index contributed by atoms with van der Waals surface area (Å²) in [5.74, 6) is -1.29. The molecule has 1 N–H and O–H groups in total. The van der Waals surface area contributed by atoms with Crippen molar-refractivity contribution in [3.05, 3.63) is 29.8 Å². The Labute approximate surface area is 120 Å². The maximum absolute atomic E-state index is 12.2. The Bertz CT molecular complexity index is 554. The summed E-state index contributed by atoms with van der Waals surface area (Å²) in [6, 6.07) is 6.23. The Morgan fingerprint density at radius 2 is 2.10 bits per heavy atom. The van der Waals surface area contributed by atoms with Crippen LogP contribution < -0.4 is 0 Å². The van der Waals surface area contributed by atoms with E-state index in [9.17, 15) is 13.8 Å². The zero-order chi connectivity index (χ0) is 14.7. The minimum Gasteiger partial charge on any atom is -0.478 e. The monoisotopic (exact) mass is 295 g/mol. The van der Waals surface area contributed by atoms with E-state index in [0.717, 1.165) is 12.8 Å². The van der Waals surface area contributed by atoms with Gasteiger partial charge in [0, 0.05) is 17.5 Å². The lowest BCUT2D eigenvalue weighted by Gasteiger charge is -2.19. The van der Waals surface area contributed by atoms with Crippen LogP contribution in [0.5, 0.6) is 0 Å². The van der Waals surface area contributed by atoms with Gasteiger partial charge in [0.2, 0.25) is 5.91 Å². The minimum atomic E-state index is -1.51. The van der Waals surface area contributed by atoms with E-state index in [2.05, 4.69) is 0 Å². The van der Waals surface area contributed by atoms with Crippen LogP contribution in [0.4, 0.5) is 0 Å². The summed E-state index contributed by atoms with van der Waals surface area (Å²) in [4.78, 5) is 25.1. The number of rotatable bonds is 6. The van der Waals surface area contributed by atoms with Gasteiger partial charge >= 0.3 is 5.97 Å². The molecule has 1 aliphatic carbocycles. The van der Waals surface area contributed by atoms with Gasteiger partial charge in [0.1, 0.15) is 5.75 Å². The highest BCUT2D eigenvalue weighted by atomic mass is 32.2. The van der Waals surface area contributed by atoms with Crippen molar-refractivity contribution in [3.8, 4) is 0 Å². The smallest absolute Gasteiger partial charge is 0.335 e. The summed E-state index contributed by atoms with van der Waals surface area (Å²) in [6.45, 7) is 2.53. The highest BCUT2D eigenvalue weighted by molar-refractivity contribution is 7.85. The molecular formula is C14H17NO4S. The minimum absolute atomic E-state index is 0.0813. The first kappa shape index (κ1) is 14.7. The zero-order valence-electron chi connectivity index (χ0n) is 11.2. The first-order chi connectivity index (χ1) is 9.52. The molecule has 108 valence electrons. The number of benzene rings is 1. The molecule has 0 saturated heterocycles. The Morgan fingerprint density at radius 1 is 1.40 bits per heavy atom. The molecule has 0 bridgehead atoms. The predicted molar refractivity (Wildman–Crippen MR) is 75.1 cm³/mol. The number of carbonyl (C=O) groups is 2. The van der Waals surface area contributed by atoms with E-state index in [4.69, 9.17) is 5.11 Å². The summed E-state index contributed by atoms with van der Waals surface area (Å²) < 4.78 is 12.2. The second-order valence-electron chi connectivity index (χ2n) is 4.73. The maximum atomic E-state index is 12.2. The topological polar surface area (TPSA) is 74.7 Å². The van der Waals surface area contributed by atoms with E-state index in [0.29, 0.717) is 17.5 Å². The van der Waals surface area contributed by atoms with Crippen molar-refractivity contribution in [2.24, 2.45) is 0 Å². The van der Waals surface area contributed by atoms with Crippen LogP contribution in [0, 0.1) is 0 Å². The molecule has 1 saturated carbocycles. The van der Waals surface area contributed by atoms with Gasteiger partial charge in [0.05, 0.1) is 16.4 Å². The van der Waals surface area contributed by atoms with E-state index < -0.39 is 16.8 Å². The molecule has 2 rings (SSSR count). The van der Waals surface area contributed by atoms with Crippen LogP contribution >= 0.6 is 0 Å². The fraction of sp³-hybridized carbons (Fsp3) is 0.429. The number of amides is 1. The zero-order valence-corrected chi connectivity index (χ0v) is 12.1. The Balaban J connectivity index is 2.05. The quantitative estimate of drug-likeness (QED) is 0.863. The van der Waals surface area contributed by atoms with Crippen molar-refractivity contribution in [2.45, 2.75) is 30.7 Å². The van der Waals surface area contributed by atoms with Gasteiger partial charge in [-0.15, -0.1) is 0 Å². The van der Waals surface area contributed by atoms with Gasteiger partial charge in [-0.3, -0.25) is 9.00 Å². The molecule has 1 aliphatic rings. The SMILES string of the molecule is CCN(C(=O)CS(=O)c1cccc(C(=O)O)c1)C1CC1. The van der Waals surface area contributed by atoms with E-state index in [-0.39, 0.29) is 17.2 Å². The lowest BCUT2D eigenvalue weighted by Crippen LogP contribution is -2.36. The molecule has 1 fully saturated rings. The van der Waals surface area contributed by atoms with Crippen molar-refractivity contribution in [2.75, 3.05) is 12.3 Å². The van der Waals surface area contributed by atoms with E-state index >= 15 is 0 Å². The number of carboxylic acid groups (broad SMARTS) is 1. The van der Waals surface area contributed by atoms with E-state index in [1.165, 1.54) is 12.1 Å². The number of hydrogen-bond acceptors (Lipinski definition) is 3. The highest BCUT2D eigenvalue weighted by Crippen LogP contribution is 2.26. The van der Waals surface area contributed by atoms with Gasteiger partial charge in [-0.05, 0) is 38.0 Å². The molecule has 0 aromatic heterocycles. The van der Waals surface area contributed by atoms with Crippen molar-refractivity contribution in [1.82, 2.24) is 4.90 Å². The lowest BCUT2D eigenvalue weighted by molar-refractivity contribution is -0.128. The van der Waals surface area contributed by atoms with Gasteiger partial charge in [0.15, 0.2) is 0 Å². The molecule has 0 radical (unpaired) electrons. The summed E-state index contributed by atoms with van der Waals surface area (Å²) in [7, 11) is -1.51. The van der Waals surface area contributed by atoms with Crippen LogP contribution in [0.15, 0.2) is 29.2 Å². The summed E-state index contributed by atoms with van der Waals surface area (Å²) in [5.41, 5.74) is 0.0813. The molecule has 1 aromatic rings. The molecule has 0 aliphatic heterocycles. The Kier molecular flexibility index (Phi) is 4.54. The molecule has 1 aromatic carbocycles. The third-order valence-corrected chi connectivity index (χ3v) is 4.54. The second-order valence-corrected chi connectivity index (χ2v) is 6.18. The van der Waals surface area contributed by atoms with Gasteiger partial charge < -0.3 is 10.0 Å². The molecule has 0 spiro atoms. The van der Waals surface area contributed by atoms with Crippen LogP contribution in [0.25, 0.3) is 0 Å². The van der Waals surface area contributed by atoms with E-state index in [1.807, 2.05) is 6.92 Å². The van der Waals surface area contributed by atoms with Crippen LogP contribution in [-0.4, -0.2) is 44.4 Å². The molecule has 1 atom stereocenters. The van der Waals surface area contributed by atoms with Crippen molar-refractivity contribution in [3.63, 3.8) is 0 Å². The van der Waals surface area contributed by atoms with E-state index in [1.54, 1.807) is 17.0 Å². The molecule has 6 heteroatoms. The second kappa shape index (κ2) is 6.17. The lowest BCUT2D eigenvalue weighted by atomic mass is 10.2. The average molecular weight is 295 g/mol. The summed E-state index contributed by atoms with van der Waals surface area (Å²) in [5, 5.41) is 8.91. The number of hydrogen-bond donors (Lipinski definition) is 1. The van der Waals surface area contributed by atoms with Crippen LogP contribution in [0.1, 0.15) is 30.1 Å². The third kappa shape index (κ3) is 3.45. The molecule has 5 nitrogen and oxygen atoms in total. The molecule has 1 amide bonds. The number of carbonyl (C=O) groups excluding carboxylic acids is 1. The standard InChI is InChI=1S/C14H17NO4S/c1-2-15(11-6-7-11)13(16)9-20(19)12-5-3-4-10(8-12)14(17)18/h3-5,8,11H,2,6-7,9H2,1H3,(H,17,18). The summed E-state index contributed by atoms with van der Waals surface area (Å²) >= 11 is 0. The van der Waals surface area contributed by atoms with Crippen LogP contribution in [-0.2, 0) is 15.6 Å². The Morgan fingerprint density at radius 3 is 2.65 bits per heavy atom. The first-order valence-electron chi connectivity index (χ1n) is 6.54. The first-order valence-corrected chi connectivity index (χ1v) is 7.86. The predicted octanol–water partition coefficient (Wildman–Crippen LogP) is 1.50. The molecular weight excluding hydrogens is 278 g/mol. The average Bonchev–Trinajstić information content (AvgIpc) is 3.24. The van der Waals surface area contributed by atoms with Crippen LogP contribution in [0.3, 0.4) is 0 Å². The highest BCUT2D eigenvalue weighted by Gasteiger charge is 2.31.